The van der Waals surface area contributed by atoms with E-state index in [-0.39, 0.29) is 0 Å². The average molecular weight is 515 g/mol. The highest BCUT2D eigenvalue weighted by Gasteiger charge is 2.29. The molecule has 1 atom stereocenters. The smallest absolute Gasteiger partial charge is 0.219 e. The van der Waals surface area contributed by atoms with Gasteiger partial charge < -0.3 is 19.8 Å². The van der Waals surface area contributed by atoms with Crippen molar-refractivity contribution in [1.82, 2.24) is 10.6 Å². The number of aldehydes is 1. The van der Waals surface area contributed by atoms with Crippen LogP contribution in [0.5, 0.6) is 0 Å². The summed E-state index contributed by atoms with van der Waals surface area (Å²) in [6.07, 6.45) is 2.20. The Hall–Kier alpha value is -4.43. The SMILES string of the molecule is CCOC(/C(C(=NC)NCc1ccc(C)o1)=C(\N/C(C)=C/C=O)N(C=O)c1ccccc1)c1ccccc1. The number of amidine groups is 1. The number of anilines is 1. The summed E-state index contributed by atoms with van der Waals surface area (Å²) in [6.45, 7) is 6.31. The van der Waals surface area contributed by atoms with Crippen LogP contribution in [0.25, 0.3) is 0 Å². The predicted octanol–water partition coefficient (Wildman–Crippen LogP) is 5.05. The first-order valence-electron chi connectivity index (χ1n) is 12.4. The summed E-state index contributed by atoms with van der Waals surface area (Å²) in [5, 5.41) is 6.64. The molecule has 2 aromatic carbocycles. The van der Waals surface area contributed by atoms with Crippen molar-refractivity contribution in [3.05, 3.63) is 113 Å². The number of benzene rings is 2. The third kappa shape index (κ3) is 7.30. The maximum Gasteiger partial charge on any atom is 0.219 e. The van der Waals surface area contributed by atoms with E-state index in [1.54, 1.807) is 14.0 Å². The van der Waals surface area contributed by atoms with Crippen molar-refractivity contribution in [3.63, 3.8) is 0 Å². The molecular weight excluding hydrogens is 480 g/mol. The third-order valence-corrected chi connectivity index (χ3v) is 5.67. The van der Waals surface area contributed by atoms with E-state index in [1.807, 2.05) is 86.6 Å². The molecule has 3 rings (SSSR count). The molecule has 0 aliphatic heterocycles. The molecule has 8 heteroatoms. The highest BCUT2D eigenvalue weighted by Crippen LogP contribution is 2.31. The van der Waals surface area contributed by atoms with Crippen LogP contribution in [0.4, 0.5) is 5.69 Å². The summed E-state index contributed by atoms with van der Waals surface area (Å²) >= 11 is 0. The number of hydrogen-bond acceptors (Lipinski definition) is 6. The molecule has 0 fully saturated rings. The number of para-hydroxylation sites is 1. The van der Waals surface area contributed by atoms with E-state index in [2.05, 4.69) is 15.6 Å². The van der Waals surface area contributed by atoms with Gasteiger partial charge in [0.25, 0.3) is 0 Å². The molecule has 1 aromatic heterocycles. The lowest BCUT2D eigenvalue weighted by Crippen LogP contribution is -2.38. The maximum atomic E-state index is 12.6. The molecule has 0 aliphatic rings. The summed E-state index contributed by atoms with van der Waals surface area (Å²) in [5.74, 6) is 2.42. The van der Waals surface area contributed by atoms with Crippen molar-refractivity contribution in [2.24, 2.45) is 4.99 Å². The molecule has 2 N–H and O–H groups in total. The standard InChI is InChI=1S/C30H34N4O4/c1-5-37-28(24-12-8-6-9-13-24)27(29(31-4)32-20-26-17-16-23(3)38-26)30(33-22(2)18-19-35)34(21-36)25-14-10-7-11-15-25/h6-19,21,28,33H,5,20H2,1-4H3,(H,31,32)/b22-18+,30-27-. The maximum absolute atomic E-state index is 12.6. The summed E-state index contributed by atoms with van der Waals surface area (Å²) < 4.78 is 12.1. The molecule has 1 amide bonds. The molecule has 198 valence electrons. The Kier molecular flexibility index (Phi) is 10.6. The second-order valence-corrected chi connectivity index (χ2v) is 8.37. The lowest BCUT2D eigenvalue weighted by atomic mass is 9.99. The molecule has 0 spiro atoms. The molecular formula is C30H34N4O4. The fraction of sp³-hybridized carbons (Fsp3) is 0.233. The Morgan fingerprint density at radius 2 is 1.74 bits per heavy atom. The van der Waals surface area contributed by atoms with Gasteiger partial charge in [0, 0.05) is 19.4 Å². The Balaban J connectivity index is 2.28. The number of furan rings is 1. The van der Waals surface area contributed by atoms with Crippen LogP contribution in [0.2, 0.25) is 0 Å². The van der Waals surface area contributed by atoms with E-state index in [0.29, 0.717) is 48.1 Å². The van der Waals surface area contributed by atoms with Gasteiger partial charge in [-0.25, -0.2) is 0 Å². The van der Waals surface area contributed by atoms with E-state index in [9.17, 15) is 9.59 Å². The van der Waals surface area contributed by atoms with Crippen LogP contribution in [0, 0.1) is 6.92 Å². The van der Waals surface area contributed by atoms with Gasteiger partial charge in [-0.2, -0.15) is 0 Å². The van der Waals surface area contributed by atoms with Gasteiger partial charge in [-0.05, 0) is 56.7 Å². The van der Waals surface area contributed by atoms with Crippen LogP contribution in [-0.2, 0) is 20.9 Å². The summed E-state index contributed by atoms with van der Waals surface area (Å²) in [5.41, 5.74) is 2.62. The Labute approximate surface area is 223 Å². The number of nitrogens with one attached hydrogen (secondary N) is 2. The van der Waals surface area contributed by atoms with Crippen LogP contribution >= 0.6 is 0 Å². The average Bonchev–Trinajstić information content (AvgIpc) is 3.36. The number of nitrogens with zero attached hydrogens (tertiary/aromatic N) is 2. The molecule has 0 saturated heterocycles. The van der Waals surface area contributed by atoms with E-state index >= 15 is 0 Å². The first-order valence-corrected chi connectivity index (χ1v) is 12.4. The fourth-order valence-electron chi connectivity index (χ4n) is 3.97. The predicted molar refractivity (Wildman–Crippen MR) is 149 cm³/mol. The van der Waals surface area contributed by atoms with E-state index in [0.717, 1.165) is 23.5 Å². The Bertz CT molecular complexity index is 1280. The van der Waals surface area contributed by atoms with Crippen LogP contribution < -0.4 is 15.5 Å². The normalized spacial score (nSPS) is 13.4. The molecule has 8 nitrogen and oxygen atoms in total. The van der Waals surface area contributed by atoms with Crippen LogP contribution in [0.15, 0.2) is 105 Å². The number of aryl methyl sites for hydroxylation is 1. The molecule has 0 saturated carbocycles. The van der Waals surface area contributed by atoms with Gasteiger partial charge in [-0.3, -0.25) is 19.5 Å². The van der Waals surface area contributed by atoms with Gasteiger partial charge in [0.1, 0.15) is 35.6 Å². The summed E-state index contributed by atoms with van der Waals surface area (Å²) in [6, 6.07) is 22.7. The number of allylic oxidation sites excluding steroid dienone is 2. The molecule has 1 heterocycles. The van der Waals surface area contributed by atoms with Crippen molar-refractivity contribution in [2.75, 3.05) is 18.6 Å². The number of amides is 1. The number of hydrogen-bond donors (Lipinski definition) is 2. The first-order chi connectivity index (χ1) is 18.5. The molecule has 0 aliphatic carbocycles. The Morgan fingerprint density at radius 3 is 2.29 bits per heavy atom. The summed E-state index contributed by atoms with van der Waals surface area (Å²) in [7, 11) is 1.67. The van der Waals surface area contributed by atoms with Gasteiger partial charge in [-0.1, -0.05) is 48.5 Å². The van der Waals surface area contributed by atoms with Crippen molar-refractivity contribution < 1.29 is 18.7 Å². The van der Waals surface area contributed by atoms with Crippen LogP contribution in [-0.4, -0.2) is 32.2 Å². The number of carbonyl (C=O) groups is 2. The van der Waals surface area contributed by atoms with Crippen LogP contribution in [0.1, 0.15) is 37.0 Å². The first kappa shape index (κ1) is 28.1. The van der Waals surface area contributed by atoms with E-state index in [1.165, 1.54) is 11.0 Å². The molecule has 38 heavy (non-hydrogen) atoms. The zero-order valence-corrected chi connectivity index (χ0v) is 22.2. The quantitative estimate of drug-likeness (QED) is 0.143. The fourth-order valence-corrected chi connectivity index (χ4v) is 3.97. The second-order valence-electron chi connectivity index (χ2n) is 8.37. The zero-order valence-electron chi connectivity index (χ0n) is 22.2. The van der Waals surface area contributed by atoms with Crippen LogP contribution in [0.3, 0.4) is 0 Å². The minimum Gasteiger partial charge on any atom is -0.465 e. The summed E-state index contributed by atoms with van der Waals surface area (Å²) in [4.78, 5) is 30.0. The number of carbonyl (C=O) groups excluding carboxylic acids is 2. The van der Waals surface area contributed by atoms with Gasteiger partial charge in [-0.15, -0.1) is 0 Å². The third-order valence-electron chi connectivity index (χ3n) is 5.67. The molecule has 0 bridgehead atoms. The minimum absolute atomic E-state index is 0.362. The van der Waals surface area contributed by atoms with Gasteiger partial charge >= 0.3 is 0 Å². The number of ether oxygens (including phenoxy) is 1. The lowest BCUT2D eigenvalue weighted by Gasteiger charge is -2.31. The minimum atomic E-state index is -0.608. The van der Waals surface area contributed by atoms with E-state index < -0.39 is 6.10 Å². The van der Waals surface area contributed by atoms with E-state index in [4.69, 9.17) is 9.15 Å². The highest BCUT2D eigenvalue weighted by molar-refractivity contribution is 6.01. The molecule has 1 unspecified atom stereocenters. The number of rotatable bonds is 13. The van der Waals surface area contributed by atoms with Crippen molar-refractivity contribution >= 4 is 24.2 Å². The van der Waals surface area contributed by atoms with Crippen molar-refractivity contribution in [1.29, 1.82) is 0 Å². The zero-order chi connectivity index (χ0) is 27.3. The van der Waals surface area contributed by atoms with Crippen molar-refractivity contribution in [3.8, 4) is 0 Å². The number of aliphatic imine (C=N–C) groups is 1. The molecule has 0 radical (unpaired) electrons. The molecule has 3 aromatic rings. The lowest BCUT2D eigenvalue weighted by molar-refractivity contribution is -0.107. The largest absolute Gasteiger partial charge is 0.465 e. The second kappa shape index (κ2) is 14.3. The Morgan fingerprint density at radius 1 is 1.05 bits per heavy atom. The monoisotopic (exact) mass is 514 g/mol. The van der Waals surface area contributed by atoms with Crippen molar-refractivity contribution in [2.45, 2.75) is 33.4 Å². The topological polar surface area (TPSA) is 96.2 Å². The van der Waals surface area contributed by atoms with Gasteiger partial charge in [0.15, 0.2) is 0 Å². The van der Waals surface area contributed by atoms with Gasteiger partial charge in [0.05, 0.1) is 17.8 Å². The van der Waals surface area contributed by atoms with Gasteiger partial charge in [0.2, 0.25) is 6.41 Å². The highest BCUT2D eigenvalue weighted by atomic mass is 16.5.